The summed E-state index contributed by atoms with van der Waals surface area (Å²) in [5.74, 6) is 0.785. The third kappa shape index (κ3) is 2.69. The van der Waals surface area contributed by atoms with E-state index >= 15 is 0 Å². The van der Waals surface area contributed by atoms with Crippen LogP contribution in [0.15, 0.2) is 24.3 Å². The lowest BCUT2D eigenvalue weighted by Gasteiger charge is -2.18. The Morgan fingerprint density at radius 2 is 2.00 bits per heavy atom. The summed E-state index contributed by atoms with van der Waals surface area (Å²) in [6, 6.07) is 9.13. The summed E-state index contributed by atoms with van der Waals surface area (Å²) in [6.07, 6.45) is 0. The highest BCUT2D eigenvalue weighted by molar-refractivity contribution is 6.35. The normalized spacial score (nSPS) is 10.3. The van der Waals surface area contributed by atoms with Crippen LogP contribution >= 0.6 is 23.2 Å². The number of rotatable bonds is 3. The number of nitrogens with zero attached hydrogens (tertiary/aromatic N) is 3. The predicted molar refractivity (Wildman–Crippen MR) is 83.5 cm³/mol. The monoisotopic (exact) mass is 308 g/mol. The van der Waals surface area contributed by atoms with Gasteiger partial charge in [-0.1, -0.05) is 29.3 Å². The number of hydrogen-bond donors (Lipinski definition) is 1. The predicted octanol–water partition coefficient (Wildman–Crippen LogP) is 3.36. The molecule has 0 saturated carbocycles. The van der Waals surface area contributed by atoms with E-state index in [4.69, 9.17) is 28.9 Å². The van der Waals surface area contributed by atoms with Crippen LogP contribution in [-0.2, 0) is 6.54 Å². The van der Waals surface area contributed by atoms with Crippen molar-refractivity contribution in [2.75, 3.05) is 24.7 Å². The molecule has 0 amide bonds. The lowest BCUT2D eigenvalue weighted by molar-refractivity contribution is 0.779. The van der Waals surface area contributed by atoms with E-state index in [0.717, 1.165) is 11.4 Å². The molecule has 4 nitrogen and oxygen atoms in total. The number of benzene rings is 1. The Kier molecular flexibility index (Phi) is 4.12. The van der Waals surface area contributed by atoms with Crippen LogP contribution < -0.4 is 10.6 Å². The van der Waals surface area contributed by atoms with Crippen molar-refractivity contribution in [3.05, 3.63) is 45.6 Å². The number of aromatic nitrogens is 1. The summed E-state index contributed by atoms with van der Waals surface area (Å²) in [7, 11) is 3.76. The quantitative estimate of drug-likeness (QED) is 0.946. The molecule has 1 aromatic heterocycles. The van der Waals surface area contributed by atoms with E-state index in [2.05, 4.69) is 6.07 Å². The third-order valence-corrected chi connectivity index (χ3v) is 3.57. The molecular formula is C14H14Cl2N4. The maximum atomic E-state index is 9.23. The molecule has 2 rings (SSSR count). The van der Waals surface area contributed by atoms with Gasteiger partial charge in [0.05, 0.1) is 12.2 Å². The van der Waals surface area contributed by atoms with E-state index in [1.165, 1.54) is 0 Å². The van der Waals surface area contributed by atoms with E-state index in [1.54, 1.807) is 18.2 Å². The summed E-state index contributed by atoms with van der Waals surface area (Å²) in [6.45, 7) is 0.462. The van der Waals surface area contributed by atoms with Crippen molar-refractivity contribution in [1.82, 2.24) is 4.57 Å². The molecule has 0 radical (unpaired) electrons. The largest absolute Gasteiger partial charge is 0.396 e. The number of hydrogen-bond acceptors (Lipinski definition) is 3. The Hall–Kier alpha value is -1.83. The Bertz CT molecular complexity index is 683. The number of anilines is 2. The van der Waals surface area contributed by atoms with Gasteiger partial charge in [0.1, 0.15) is 17.6 Å². The first-order valence-electron chi connectivity index (χ1n) is 5.94. The highest BCUT2D eigenvalue weighted by atomic mass is 35.5. The molecular weight excluding hydrogens is 295 g/mol. The maximum absolute atomic E-state index is 9.23. The summed E-state index contributed by atoms with van der Waals surface area (Å²) in [5.41, 5.74) is 7.91. The van der Waals surface area contributed by atoms with Gasteiger partial charge in [0.25, 0.3) is 0 Å². The van der Waals surface area contributed by atoms with E-state index in [1.807, 2.05) is 29.6 Å². The molecule has 0 spiro atoms. The van der Waals surface area contributed by atoms with Crippen molar-refractivity contribution in [2.45, 2.75) is 6.54 Å². The second-order valence-electron chi connectivity index (χ2n) is 4.64. The van der Waals surface area contributed by atoms with Crippen molar-refractivity contribution >= 4 is 34.7 Å². The molecule has 0 saturated heterocycles. The summed E-state index contributed by atoms with van der Waals surface area (Å²) in [4.78, 5) is 1.87. The van der Waals surface area contributed by atoms with Gasteiger partial charge in [0.2, 0.25) is 0 Å². The minimum atomic E-state index is 0.462. The second kappa shape index (κ2) is 5.66. The molecule has 1 aromatic carbocycles. The average molecular weight is 309 g/mol. The van der Waals surface area contributed by atoms with E-state index in [9.17, 15) is 5.26 Å². The van der Waals surface area contributed by atoms with Crippen molar-refractivity contribution in [3.8, 4) is 6.07 Å². The molecule has 0 unspecified atom stereocenters. The minimum Gasteiger partial charge on any atom is -0.396 e. The maximum Gasteiger partial charge on any atom is 0.133 e. The number of nitriles is 1. The van der Waals surface area contributed by atoms with Gasteiger partial charge in [-0.05, 0) is 23.8 Å². The molecule has 6 heteroatoms. The first-order valence-corrected chi connectivity index (χ1v) is 6.70. The van der Waals surface area contributed by atoms with Crippen molar-refractivity contribution < 1.29 is 0 Å². The van der Waals surface area contributed by atoms with Crippen LogP contribution in [0.1, 0.15) is 11.3 Å². The molecule has 0 bridgehead atoms. The summed E-state index contributed by atoms with van der Waals surface area (Å²) >= 11 is 12.1. The van der Waals surface area contributed by atoms with Gasteiger partial charge in [0.15, 0.2) is 0 Å². The summed E-state index contributed by atoms with van der Waals surface area (Å²) in [5, 5.41) is 10.4. The molecule has 104 valence electrons. The van der Waals surface area contributed by atoms with Gasteiger partial charge in [-0.15, -0.1) is 0 Å². The number of nitrogens with two attached hydrogens (primary N) is 1. The smallest absolute Gasteiger partial charge is 0.133 e. The molecule has 20 heavy (non-hydrogen) atoms. The Balaban J connectivity index is 2.50. The molecule has 0 atom stereocenters. The fourth-order valence-corrected chi connectivity index (χ4v) is 2.60. The van der Waals surface area contributed by atoms with Gasteiger partial charge in [-0.2, -0.15) is 5.26 Å². The second-order valence-corrected chi connectivity index (χ2v) is 5.48. The Labute approximate surface area is 127 Å². The highest BCUT2D eigenvalue weighted by Gasteiger charge is 2.16. The first-order chi connectivity index (χ1) is 9.43. The van der Waals surface area contributed by atoms with E-state index in [0.29, 0.717) is 28.0 Å². The summed E-state index contributed by atoms with van der Waals surface area (Å²) < 4.78 is 1.84. The van der Waals surface area contributed by atoms with Crippen LogP contribution in [0.4, 0.5) is 11.5 Å². The minimum absolute atomic E-state index is 0.462. The first kappa shape index (κ1) is 14.6. The van der Waals surface area contributed by atoms with Crippen molar-refractivity contribution in [2.24, 2.45) is 0 Å². The Morgan fingerprint density at radius 3 is 2.55 bits per heavy atom. The van der Waals surface area contributed by atoms with Crippen LogP contribution in [0.3, 0.4) is 0 Å². The fraction of sp³-hybridized carbons (Fsp3) is 0.214. The van der Waals surface area contributed by atoms with Gasteiger partial charge in [0, 0.05) is 24.1 Å². The number of halogens is 2. The lowest BCUT2D eigenvalue weighted by Crippen LogP contribution is -2.17. The Morgan fingerprint density at radius 1 is 1.30 bits per heavy atom. The molecule has 0 aliphatic carbocycles. The molecule has 2 N–H and O–H groups in total. The zero-order valence-corrected chi connectivity index (χ0v) is 12.7. The SMILES string of the molecule is CN(C)c1c(N)cc(C#N)n1Cc1ccc(Cl)cc1Cl. The van der Waals surface area contributed by atoms with E-state index in [-0.39, 0.29) is 0 Å². The zero-order chi connectivity index (χ0) is 14.9. The van der Waals surface area contributed by atoms with Crippen LogP contribution in [-0.4, -0.2) is 18.7 Å². The van der Waals surface area contributed by atoms with Crippen LogP contribution in [0.5, 0.6) is 0 Å². The lowest BCUT2D eigenvalue weighted by atomic mass is 10.2. The van der Waals surface area contributed by atoms with Crippen molar-refractivity contribution in [1.29, 1.82) is 5.26 Å². The third-order valence-electron chi connectivity index (χ3n) is 2.98. The van der Waals surface area contributed by atoms with Crippen LogP contribution in [0.2, 0.25) is 10.0 Å². The molecule has 0 aliphatic rings. The standard InChI is InChI=1S/C14H14Cl2N4/c1-19(2)14-13(18)6-11(7-17)20(14)8-9-3-4-10(15)5-12(9)16/h3-6H,8,18H2,1-2H3. The molecule has 0 fully saturated rings. The van der Waals surface area contributed by atoms with Gasteiger partial charge in [-0.25, -0.2) is 0 Å². The van der Waals surface area contributed by atoms with Gasteiger partial charge in [-0.3, -0.25) is 0 Å². The topological polar surface area (TPSA) is 58.0 Å². The molecule has 2 aromatic rings. The van der Waals surface area contributed by atoms with Gasteiger partial charge >= 0.3 is 0 Å². The van der Waals surface area contributed by atoms with E-state index < -0.39 is 0 Å². The van der Waals surface area contributed by atoms with Crippen LogP contribution in [0.25, 0.3) is 0 Å². The zero-order valence-electron chi connectivity index (χ0n) is 11.2. The van der Waals surface area contributed by atoms with Crippen LogP contribution in [0, 0.1) is 11.3 Å². The molecule has 1 heterocycles. The highest BCUT2D eigenvalue weighted by Crippen LogP contribution is 2.29. The van der Waals surface area contributed by atoms with Crippen molar-refractivity contribution in [3.63, 3.8) is 0 Å². The molecule has 0 aliphatic heterocycles. The average Bonchev–Trinajstić information content (AvgIpc) is 2.69. The van der Waals surface area contributed by atoms with Gasteiger partial charge < -0.3 is 15.2 Å². The number of nitrogen functional groups attached to an aromatic ring is 1. The fourth-order valence-electron chi connectivity index (χ4n) is 2.13.